The summed E-state index contributed by atoms with van der Waals surface area (Å²) in [5, 5.41) is 33.5. The van der Waals surface area contributed by atoms with Gasteiger partial charge in [-0.3, -0.25) is 4.79 Å². The number of amides is 1. The van der Waals surface area contributed by atoms with E-state index in [1.165, 1.54) is 12.3 Å². The Morgan fingerprint density at radius 2 is 2.14 bits per heavy atom. The molecule has 0 aliphatic heterocycles. The van der Waals surface area contributed by atoms with E-state index in [0.29, 0.717) is 4.74 Å². The molecule has 1 heterocycles. The molecule has 1 rings (SSSR count). The Labute approximate surface area is 132 Å². The Balaban J connectivity index is 2.97. The van der Waals surface area contributed by atoms with Crippen molar-refractivity contribution in [3.05, 3.63) is 22.7 Å². The number of aliphatic carboxylic acids is 1. The average Bonchev–Trinajstić information content (AvgIpc) is 2.43. The van der Waals surface area contributed by atoms with Crippen LogP contribution in [0, 0.1) is 5.21 Å². The zero-order valence-corrected chi connectivity index (χ0v) is 13.2. The topological polar surface area (TPSA) is 131 Å². The van der Waals surface area contributed by atoms with Gasteiger partial charge in [0.25, 0.3) is 5.91 Å². The molecule has 0 fully saturated rings. The number of hydrogen-bond donors (Lipinski definition) is 3. The summed E-state index contributed by atoms with van der Waals surface area (Å²) in [5.74, 6) is -2.02. The first-order chi connectivity index (χ1) is 10.1. The first-order valence-electron chi connectivity index (χ1n) is 6.31. The van der Waals surface area contributed by atoms with E-state index in [1.807, 2.05) is 0 Å². The van der Waals surface area contributed by atoms with E-state index >= 15 is 0 Å². The lowest BCUT2D eigenvalue weighted by atomic mass is 10.1. The molecule has 0 saturated carbocycles. The lowest BCUT2D eigenvalue weighted by Gasteiger charge is -2.18. The molecule has 0 radical (unpaired) electrons. The van der Waals surface area contributed by atoms with E-state index in [4.69, 9.17) is 5.11 Å². The van der Waals surface area contributed by atoms with Crippen molar-refractivity contribution < 1.29 is 19.4 Å². The Bertz CT molecular complexity index is 599. The van der Waals surface area contributed by atoms with Gasteiger partial charge in [-0.05, 0) is 5.21 Å². The van der Waals surface area contributed by atoms with Gasteiger partial charge in [0.2, 0.25) is 6.21 Å². The number of carboxylic acid groups (broad SMARTS) is 1. The molecular formula is C12H17N5O4S. The smallest absolute Gasteiger partial charge is 0.327 e. The van der Waals surface area contributed by atoms with Crippen LogP contribution in [0.25, 0.3) is 0 Å². The van der Waals surface area contributed by atoms with Crippen molar-refractivity contribution in [1.29, 1.82) is 0 Å². The molecule has 1 aromatic heterocycles. The summed E-state index contributed by atoms with van der Waals surface area (Å²) < 4.78 is 0.673. The highest BCUT2D eigenvalue weighted by Gasteiger charge is 2.22. The van der Waals surface area contributed by atoms with Gasteiger partial charge in [-0.15, -0.1) is 10.2 Å². The standard InChI is InChI=1S/C12H17N5O4S/c1-12(2,3)17(21)5-7-4-8(15-16-14-7)10(18)13-9(6-22)11(19)20/h4-5,9,22H,6H2,1-3H3,(H,13,18)(H,19,20)/b17-5+. The van der Waals surface area contributed by atoms with Gasteiger partial charge < -0.3 is 15.6 Å². The van der Waals surface area contributed by atoms with E-state index in [1.54, 1.807) is 20.8 Å². The Kier molecular flexibility index (Phi) is 5.80. The van der Waals surface area contributed by atoms with E-state index in [0.717, 1.165) is 0 Å². The van der Waals surface area contributed by atoms with E-state index in [9.17, 15) is 14.8 Å². The SMILES string of the molecule is CC(C)(C)/[N+]([O-])=C\c1cc(C(=O)NC(CS)C(=O)O)nnn1. The van der Waals surface area contributed by atoms with Crippen molar-refractivity contribution >= 4 is 30.7 Å². The number of hydrogen-bond acceptors (Lipinski definition) is 7. The number of thiol groups is 1. The number of nitrogens with zero attached hydrogens (tertiary/aromatic N) is 4. The van der Waals surface area contributed by atoms with Crippen molar-refractivity contribution in [3.63, 3.8) is 0 Å². The van der Waals surface area contributed by atoms with Crippen LogP contribution in [0.15, 0.2) is 6.07 Å². The third-order valence-electron chi connectivity index (χ3n) is 2.53. The van der Waals surface area contributed by atoms with Crippen LogP contribution < -0.4 is 5.32 Å². The predicted molar refractivity (Wildman–Crippen MR) is 81.1 cm³/mol. The molecule has 0 aromatic carbocycles. The number of aromatic nitrogens is 3. The van der Waals surface area contributed by atoms with Gasteiger partial charge in [-0.25, -0.2) is 9.53 Å². The molecule has 10 heteroatoms. The summed E-state index contributed by atoms with van der Waals surface area (Å²) in [4.78, 5) is 22.8. The molecule has 22 heavy (non-hydrogen) atoms. The molecule has 0 spiro atoms. The Morgan fingerprint density at radius 1 is 1.50 bits per heavy atom. The fourth-order valence-corrected chi connectivity index (χ4v) is 1.47. The molecule has 120 valence electrons. The van der Waals surface area contributed by atoms with Crippen molar-refractivity contribution in [1.82, 2.24) is 20.7 Å². The summed E-state index contributed by atoms with van der Waals surface area (Å²) in [6, 6.07) is 0.0972. The van der Waals surface area contributed by atoms with Crippen LogP contribution in [-0.2, 0) is 4.79 Å². The molecule has 9 nitrogen and oxygen atoms in total. The summed E-state index contributed by atoms with van der Waals surface area (Å²) in [5.41, 5.74) is -0.673. The van der Waals surface area contributed by atoms with E-state index in [2.05, 4.69) is 33.4 Å². The Hall–Kier alpha value is -2.23. The van der Waals surface area contributed by atoms with Crippen LogP contribution >= 0.6 is 12.6 Å². The number of carbonyl (C=O) groups is 2. The second-order valence-electron chi connectivity index (χ2n) is 5.42. The maximum Gasteiger partial charge on any atom is 0.327 e. The first-order valence-corrected chi connectivity index (χ1v) is 6.94. The van der Waals surface area contributed by atoms with Crippen LogP contribution in [-0.4, -0.2) is 60.7 Å². The van der Waals surface area contributed by atoms with Crippen molar-refractivity contribution in [2.45, 2.75) is 32.4 Å². The molecule has 2 N–H and O–H groups in total. The predicted octanol–water partition coefficient (Wildman–Crippen LogP) is -0.288. The summed E-state index contributed by atoms with van der Waals surface area (Å²) in [6.07, 6.45) is 1.18. The summed E-state index contributed by atoms with van der Waals surface area (Å²) in [6.45, 7) is 5.13. The second kappa shape index (κ2) is 7.16. The third kappa shape index (κ3) is 4.95. The largest absolute Gasteiger partial charge is 0.623 e. The molecule has 0 aliphatic carbocycles. The highest BCUT2D eigenvalue weighted by molar-refractivity contribution is 7.80. The molecule has 1 amide bonds. The zero-order valence-electron chi connectivity index (χ0n) is 12.3. The number of nitrogens with one attached hydrogen (secondary N) is 1. The number of carbonyl (C=O) groups excluding carboxylic acids is 1. The van der Waals surface area contributed by atoms with Crippen molar-refractivity contribution in [3.8, 4) is 0 Å². The third-order valence-corrected chi connectivity index (χ3v) is 2.89. The lowest BCUT2D eigenvalue weighted by Crippen LogP contribution is -2.42. The van der Waals surface area contributed by atoms with Crippen molar-refractivity contribution in [2.24, 2.45) is 0 Å². The molecule has 0 bridgehead atoms. The number of hydroxylamine groups is 1. The average molecular weight is 327 g/mol. The monoisotopic (exact) mass is 327 g/mol. The van der Waals surface area contributed by atoms with Gasteiger partial charge >= 0.3 is 5.97 Å². The number of carboxylic acids is 1. The van der Waals surface area contributed by atoms with Gasteiger partial charge in [-0.1, -0.05) is 0 Å². The van der Waals surface area contributed by atoms with Gasteiger partial charge in [-0.2, -0.15) is 12.6 Å². The number of rotatable bonds is 5. The minimum Gasteiger partial charge on any atom is -0.623 e. The highest BCUT2D eigenvalue weighted by Crippen LogP contribution is 2.05. The van der Waals surface area contributed by atoms with Crippen LogP contribution in [0.2, 0.25) is 0 Å². The molecule has 0 aliphatic rings. The maximum atomic E-state index is 11.9. The van der Waals surface area contributed by atoms with E-state index < -0.39 is 23.5 Å². The van der Waals surface area contributed by atoms with Crippen molar-refractivity contribution in [2.75, 3.05) is 5.75 Å². The van der Waals surface area contributed by atoms with Crippen LogP contribution in [0.3, 0.4) is 0 Å². The van der Waals surface area contributed by atoms with Crippen LogP contribution in [0.1, 0.15) is 37.0 Å². The molecule has 1 atom stereocenters. The molecular weight excluding hydrogens is 310 g/mol. The maximum absolute atomic E-state index is 11.9. The van der Waals surface area contributed by atoms with Gasteiger partial charge in [0, 0.05) is 32.6 Å². The minimum atomic E-state index is -1.21. The molecule has 1 aromatic rings. The van der Waals surface area contributed by atoms with Gasteiger partial charge in [0.15, 0.2) is 16.9 Å². The molecule has 1 unspecified atom stereocenters. The summed E-state index contributed by atoms with van der Waals surface area (Å²) >= 11 is 3.84. The van der Waals surface area contributed by atoms with Gasteiger partial charge in [0.05, 0.1) is 0 Å². The van der Waals surface area contributed by atoms with Gasteiger partial charge in [0.1, 0.15) is 6.04 Å². The quantitative estimate of drug-likeness (QED) is 0.223. The first kappa shape index (κ1) is 17.8. The van der Waals surface area contributed by atoms with E-state index in [-0.39, 0.29) is 17.1 Å². The highest BCUT2D eigenvalue weighted by atomic mass is 32.1. The van der Waals surface area contributed by atoms with Crippen LogP contribution in [0.5, 0.6) is 0 Å². The fraction of sp³-hybridized carbons (Fsp3) is 0.500. The zero-order chi connectivity index (χ0) is 16.9. The molecule has 0 saturated heterocycles. The minimum absolute atomic E-state index is 0.0725. The lowest BCUT2D eigenvalue weighted by molar-refractivity contribution is -0.530. The summed E-state index contributed by atoms with van der Waals surface area (Å²) in [7, 11) is 0. The normalized spacial score (nSPS) is 13.5. The Morgan fingerprint density at radius 3 is 2.64 bits per heavy atom. The van der Waals surface area contributed by atoms with Crippen LogP contribution in [0.4, 0.5) is 0 Å². The second-order valence-corrected chi connectivity index (χ2v) is 5.78. The fourth-order valence-electron chi connectivity index (χ4n) is 1.23.